The van der Waals surface area contributed by atoms with E-state index in [1.54, 1.807) is 33.8 Å². The minimum absolute atomic E-state index is 0.920. The summed E-state index contributed by atoms with van der Waals surface area (Å²) in [6.45, 7) is 8.40. The van der Waals surface area contributed by atoms with Crippen LogP contribution in [-0.4, -0.2) is 38.8 Å². The standard InChI is InChI=1S/C6H13BO3.C6H14O2/c1-2-3-4-5-6-10-7(8)9;1-5(2,7)6(3,4)8/h5-6,8-9H,2-4H2,1H3;7-8H,1-4H3/b6-5+;. The molecular weight excluding hydrogens is 235 g/mol. The Balaban J connectivity index is 0. The second-order valence-electron chi connectivity index (χ2n) is 5.09. The van der Waals surface area contributed by atoms with Crippen molar-refractivity contribution in [3.8, 4) is 0 Å². The molecule has 0 aromatic carbocycles. The summed E-state index contributed by atoms with van der Waals surface area (Å²) in [5.74, 6) is 0. The highest BCUT2D eigenvalue weighted by atomic mass is 16.6. The van der Waals surface area contributed by atoms with Gasteiger partial charge in [0.15, 0.2) is 0 Å². The lowest BCUT2D eigenvalue weighted by Crippen LogP contribution is -2.44. The molecule has 0 aromatic heterocycles. The Hall–Kier alpha value is -0.555. The van der Waals surface area contributed by atoms with E-state index in [1.165, 1.54) is 6.26 Å². The molecule has 0 saturated carbocycles. The van der Waals surface area contributed by atoms with E-state index in [4.69, 9.17) is 20.3 Å². The van der Waals surface area contributed by atoms with Crippen LogP contribution in [0, 0.1) is 0 Å². The second kappa shape index (κ2) is 9.38. The minimum atomic E-state index is -1.68. The van der Waals surface area contributed by atoms with Crippen molar-refractivity contribution in [2.75, 3.05) is 0 Å². The smallest absolute Gasteiger partial charge is 0.519 e. The number of rotatable bonds is 6. The summed E-state index contributed by atoms with van der Waals surface area (Å²) in [5, 5.41) is 34.6. The number of hydrogen-bond acceptors (Lipinski definition) is 5. The Kier molecular flexibility index (Phi) is 10.3. The van der Waals surface area contributed by atoms with Crippen LogP contribution >= 0.6 is 0 Å². The molecule has 0 bridgehead atoms. The van der Waals surface area contributed by atoms with Crippen LogP contribution in [0.15, 0.2) is 12.3 Å². The molecule has 0 rings (SSSR count). The van der Waals surface area contributed by atoms with Gasteiger partial charge in [-0.25, -0.2) is 0 Å². The maximum absolute atomic E-state index is 9.10. The average molecular weight is 262 g/mol. The average Bonchev–Trinajstić information content (AvgIpc) is 2.14. The van der Waals surface area contributed by atoms with E-state index in [0.717, 1.165) is 19.3 Å². The molecule has 0 amide bonds. The lowest BCUT2D eigenvalue weighted by Gasteiger charge is -2.31. The molecule has 0 aliphatic rings. The first-order valence-corrected chi connectivity index (χ1v) is 6.13. The number of allylic oxidation sites excluding steroid dienone is 1. The molecule has 0 heterocycles. The van der Waals surface area contributed by atoms with Crippen LogP contribution < -0.4 is 0 Å². The Morgan fingerprint density at radius 1 is 1.06 bits per heavy atom. The highest BCUT2D eigenvalue weighted by Crippen LogP contribution is 2.19. The number of hydrogen-bond donors (Lipinski definition) is 4. The molecule has 4 N–H and O–H groups in total. The first kappa shape index (κ1) is 19.8. The van der Waals surface area contributed by atoms with E-state index >= 15 is 0 Å². The van der Waals surface area contributed by atoms with Crippen molar-refractivity contribution in [3.05, 3.63) is 12.3 Å². The molecule has 18 heavy (non-hydrogen) atoms. The van der Waals surface area contributed by atoms with Crippen molar-refractivity contribution in [1.29, 1.82) is 0 Å². The summed E-state index contributed by atoms with van der Waals surface area (Å²) in [6, 6.07) is 0. The van der Waals surface area contributed by atoms with Gasteiger partial charge in [0, 0.05) is 0 Å². The molecule has 0 spiro atoms. The number of aliphatic hydroxyl groups is 2. The predicted octanol–water partition coefficient (Wildman–Crippen LogP) is 1.20. The highest BCUT2D eigenvalue weighted by molar-refractivity contribution is 6.32. The molecule has 0 unspecified atom stereocenters. The van der Waals surface area contributed by atoms with Crippen LogP contribution in [0.3, 0.4) is 0 Å². The lowest BCUT2D eigenvalue weighted by molar-refractivity contribution is -0.107. The molecule has 0 atom stereocenters. The van der Waals surface area contributed by atoms with Crippen LogP contribution in [0.25, 0.3) is 0 Å². The van der Waals surface area contributed by atoms with Crippen molar-refractivity contribution in [1.82, 2.24) is 0 Å². The van der Waals surface area contributed by atoms with Gasteiger partial charge in [0.2, 0.25) is 0 Å². The summed E-state index contributed by atoms with van der Waals surface area (Å²) >= 11 is 0. The molecule has 0 aliphatic carbocycles. The fourth-order valence-corrected chi connectivity index (χ4v) is 0.516. The maximum atomic E-state index is 9.10. The van der Waals surface area contributed by atoms with Crippen LogP contribution in [0.2, 0.25) is 0 Å². The van der Waals surface area contributed by atoms with Gasteiger partial charge in [-0.15, -0.1) is 0 Å². The van der Waals surface area contributed by atoms with Gasteiger partial charge < -0.3 is 24.9 Å². The highest BCUT2D eigenvalue weighted by Gasteiger charge is 2.31. The molecule has 5 nitrogen and oxygen atoms in total. The Bertz CT molecular complexity index is 203. The molecule has 108 valence electrons. The van der Waals surface area contributed by atoms with Crippen molar-refractivity contribution in [2.24, 2.45) is 0 Å². The first-order chi connectivity index (χ1) is 8.02. The van der Waals surface area contributed by atoms with Gasteiger partial charge in [-0.1, -0.05) is 19.4 Å². The van der Waals surface area contributed by atoms with E-state index < -0.39 is 18.5 Å². The summed E-state index contributed by atoms with van der Waals surface area (Å²) in [5.41, 5.74) is -2.01. The molecule has 6 heteroatoms. The molecule has 0 aliphatic heterocycles. The van der Waals surface area contributed by atoms with Crippen molar-refractivity contribution >= 4 is 7.32 Å². The minimum Gasteiger partial charge on any atom is -0.519 e. The summed E-state index contributed by atoms with van der Waals surface area (Å²) < 4.78 is 4.32. The van der Waals surface area contributed by atoms with Gasteiger partial charge in [-0.2, -0.15) is 0 Å². The maximum Gasteiger partial charge on any atom is 0.707 e. The quantitative estimate of drug-likeness (QED) is 0.328. The van der Waals surface area contributed by atoms with E-state index in [-0.39, 0.29) is 0 Å². The van der Waals surface area contributed by atoms with Crippen LogP contribution in [0.1, 0.15) is 53.9 Å². The molecule has 0 fully saturated rings. The third-order valence-electron chi connectivity index (χ3n) is 2.52. The fraction of sp³-hybridized carbons (Fsp3) is 0.833. The monoisotopic (exact) mass is 262 g/mol. The van der Waals surface area contributed by atoms with Crippen LogP contribution in [-0.2, 0) is 4.65 Å². The zero-order chi connectivity index (χ0) is 14.8. The van der Waals surface area contributed by atoms with Crippen molar-refractivity contribution in [3.63, 3.8) is 0 Å². The van der Waals surface area contributed by atoms with Crippen molar-refractivity contribution in [2.45, 2.75) is 65.1 Å². The third-order valence-corrected chi connectivity index (χ3v) is 2.52. The SMILES string of the molecule is CC(C)(O)C(C)(C)O.CCCC/C=C/OB(O)O. The fourth-order valence-electron chi connectivity index (χ4n) is 0.516. The normalized spacial score (nSPS) is 12.1. The Labute approximate surface area is 110 Å². The zero-order valence-electron chi connectivity index (χ0n) is 12.1. The zero-order valence-corrected chi connectivity index (χ0v) is 12.1. The van der Waals surface area contributed by atoms with Crippen molar-refractivity contribution < 1.29 is 24.9 Å². The van der Waals surface area contributed by atoms with Gasteiger partial charge in [0.25, 0.3) is 0 Å². The van der Waals surface area contributed by atoms with E-state index in [0.29, 0.717) is 0 Å². The van der Waals surface area contributed by atoms with E-state index in [1.807, 2.05) is 0 Å². The third kappa shape index (κ3) is 13.5. The van der Waals surface area contributed by atoms with Gasteiger partial charge >= 0.3 is 7.32 Å². The Morgan fingerprint density at radius 3 is 1.78 bits per heavy atom. The van der Waals surface area contributed by atoms with Gasteiger partial charge in [-0.3, -0.25) is 0 Å². The van der Waals surface area contributed by atoms with Crippen LogP contribution in [0.5, 0.6) is 0 Å². The van der Waals surface area contributed by atoms with E-state index in [2.05, 4.69) is 11.6 Å². The predicted molar refractivity (Wildman–Crippen MR) is 72.5 cm³/mol. The van der Waals surface area contributed by atoms with E-state index in [9.17, 15) is 0 Å². The number of unbranched alkanes of at least 4 members (excludes halogenated alkanes) is 2. The topological polar surface area (TPSA) is 90.2 Å². The van der Waals surface area contributed by atoms with Crippen LogP contribution in [0.4, 0.5) is 0 Å². The second-order valence-corrected chi connectivity index (χ2v) is 5.09. The van der Waals surface area contributed by atoms with Gasteiger partial charge in [-0.05, 0) is 40.5 Å². The summed E-state index contributed by atoms with van der Waals surface area (Å²) in [4.78, 5) is 0. The Morgan fingerprint density at radius 2 is 1.50 bits per heavy atom. The van der Waals surface area contributed by atoms with Gasteiger partial charge in [0.05, 0.1) is 17.5 Å². The van der Waals surface area contributed by atoms with Gasteiger partial charge in [0.1, 0.15) is 0 Å². The molecule has 0 saturated heterocycles. The molecule has 0 aromatic rings. The lowest BCUT2D eigenvalue weighted by atomic mass is 9.90. The molecule has 0 radical (unpaired) electrons. The first-order valence-electron chi connectivity index (χ1n) is 6.13. The molecular formula is C12H27BO5. The summed E-state index contributed by atoms with van der Waals surface area (Å²) in [7, 11) is -1.68. The largest absolute Gasteiger partial charge is 0.707 e. The summed E-state index contributed by atoms with van der Waals surface area (Å²) in [6.07, 6.45) is 6.22.